The molecule has 156 valence electrons. The monoisotopic (exact) mass is 421 g/mol. The van der Waals surface area contributed by atoms with E-state index in [1.54, 1.807) is 17.8 Å². The molecule has 1 aromatic carbocycles. The Morgan fingerprint density at radius 2 is 1.90 bits per heavy atom. The molecule has 1 saturated carbocycles. The van der Waals surface area contributed by atoms with E-state index < -0.39 is 0 Å². The number of para-hydroxylation sites is 2. The largest absolute Gasteiger partial charge is 0.370 e. The Balaban J connectivity index is 1.29. The summed E-state index contributed by atoms with van der Waals surface area (Å²) in [7, 11) is 0. The number of rotatable bonds is 4. The molecule has 3 aromatic rings. The number of nitrogens with zero attached hydrogens (tertiary/aromatic N) is 3. The summed E-state index contributed by atoms with van der Waals surface area (Å²) in [5.41, 5.74) is 3.87. The molecule has 0 bridgehead atoms. The maximum atomic E-state index is 12.9. The number of H-pyrrole nitrogens is 1. The summed E-state index contributed by atoms with van der Waals surface area (Å²) >= 11 is 1.45. The number of carbonyl (C=O) groups is 1. The Bertz CT molecular complexity index is 996. The lowest BCUT2D eigenvalue weighted by Crippen LogP contribution is -2.41. The minimum Gasteiger partial charge on any atom is -0.370 e. The number of aromatic nitrogens is 3. The summed E-state index contributed by atoms with van der Waals surface area (Å²) in [5.74, 6) is -0.172. The van der Waals surface area contributed by atoms with E-state index in [1.165, 1.54) is 56.3 Å². The van der Waals surface area contributed by atoms with E-state index in [2.05, 4.69) is 37.5 Å². The van der Waals surface area contributed by atoms with Crippen LogP contribution in [0.25, 0.3) is 10.6 Å². The molecule has 2 aliphatic rings. The van der Waals surface area contributed by atoms with E-state index in [1.807, 2.05) is 12.1 Å². The second kappa shape index (κ2) is 8.22. The first-order valence-electron chi connectivity index (χ1n) is 10.8. The SMILES string of the molecule is O=C(Nc1ccccc1N1CCC2(CCCCC2)CC1)c1csc(-c2cn[nH]c2)n1. The van der Waals surface area contributed by atoms with Gasteiger partial charge in [-0.1, -0.05) is 31.4 Å². The van der Waals surface area contributed by atoms with Crippen molar-refractivity contribution in [2.75, 3.05) is 23.3 Å². The van der Waals surface area contributed by atoms with Gasteiger partial charge in [0, 0.05) is 30.2 Å². The van der Waals surface area contributed by atoms with Gasteiger partial charge < -0.3 is 10.2 Å². The van der Waals surface area contributed by atoms with Crippen LogP contribution >= 0.6 is 11.3 Å². The van der Waals surface area contributed by atoms with Crippen LogP contribution in [-0.2, 0) is 0 Å². The molecule has 0 unspecified atom stereocenters. The molecule has 2 aromatic heterocycles. The summed E-state index contributed by atoms with van der Waals surface area (Å²) in [5, 5.41) is 12.4. The maximum absolute atomic E-state index is 12.9. The van der Waals surface area contributed by atoms with Gasteiger partial charge in [-0.15, -0.1) is 11.3 Å². The number of carbonyl (C=O) groups excluding carboxylic acids is 1. The molecule has 1 saturated heterocycles. The molecular formula is C23H27N5OS. The average molecular weight is 422 g/mol. The second-order valence-electron chi connectivity index (χ2n) is 8.54. The fourth-order valence-electron chi connectivity index (χ4n) is 4.94. The molecule has 2 fully saturated rings. The van der Waals surface area contributed by atoms with Gasteiger partial charge in [-0.25, -0.2) is 4.98 Å². The van der Waals surface area contributed by atoms with Gasteiger partial charge in [0.25, 0.3) is 5.91 Å². The van der Waals surface area contributed by atoms with Crippen molar-refractivity contribution in [1.82, 2.24) is 15.2 Å². The van der Waals surface area contributed by atoms with Crippen LogP contribution in [0.15, 0.2) is 42.0 Å². The fraction of sp³-hybridized carbons (Fsp3) is 0.435. The van der Waals surface area contributed by atoms with E-state index >= 15 is 0 Å². The Morgan fingerprint density at radius 3 is 2.67 bits per heavy atom. The minimum absolute atomic E-state index is 0.172. The van der Waals surface area contributed by atoms with Crippen molar-refractivity contribution < 1.29 is 4.79 Å². The van der Waals surface area contributed by atoms with Crippen LogP contribution in [0.4, 0.5) is 11.4 Å². The lowest BCUT2D eigenvalue weighted by Gasteiger charge is -2.45. The zero-order chi connectivity index (χ0) is 20.4. The number of thiazole rings is 1. The van der Waals surface area contributed by atoms with Crippen molar-refractivity contribution in [2.45, 2.75) is 44.9 Å². The van der Waals surface area contributed by atoms with Crippen LogP contribution in [0.2, 0.25) is 0 Å². The lowest BCUT2D eigenvalue weighted by molar-refractivity contribution is 0.102. The van der Waals surface area contributed by atoms with Crippen molar-refractivity contribution in [1.29, 1.82) is 0 Å². The van der Waals surface area contributed by atoms with Crippen LogP contribution in [-0.4, -0.2) is 34.2 Å². The summed E-state index contributed by atoms with van der Waals surface area (Å²) in [6, 6.07) is 8.13. The molecule has 1 amide bonds. The van der Waals surface area contributed by atoms with E-state index in [9.17, 15) is 4.79 Å². The van der Waals surface area contributed by atoms with Gasteiger partial charge in [0.1, 0.15) is 10.7 Å². The third-order valence-corrected chi connectivity index (χ3v) is 7.60. The van der Waals surface area contributed by atoms with Gasteiger partial charge >= 0.3 is 0 Å². The van der Waals surface area contributed by atoms with Crippen molar-refractivity contribution in [2.24, 2.45) is 5.41 Å². The highest BCUT2D eigenvalue weighted by atomic mass is 32.1. The van der Waals surface area contributed by atoms with Crippen molar-refractivity contribution in [3.63, 3.8) is 0 Å². The fourth-order valence-corrected chi connectivity index (χ4v) is 5.73. The second-order valence-corrected chi connectivity index (χ2v) is 9.40. The van der Waals surface area contributed by atoms with Crippen LogP contribution in [0.5, 0.6) is 0 Å². The molecule has 1 aliphatic carbocycles. The summed E-state index contributed by atoms with van der Waals surface area (Å²) < 4.78 is 0. The zero-order valence-electron chi connectivity index (χ0n) is 17.1. The predicted octanol–water partition coefficient (Wildman–Crippen LogP) is 5.34. The normalized spacial score (nSPS) is 18.5. The number of aromatic amines is 1. The number of hydrogen-bond donors (Lipinski definition) is 2. The van der Waals surface area contributed by atoms with Crippen LogP contribution in [0.1, 0.15) is 55.4 Å². The molecule has 0 atom stereocenters. The number of nitrogens with one attached hydrogen (secondary N) is 2. The van der Waals surface area contributed by atoms with E-state index in [-0.39, 0.29) is 5.91 Å². The first kappa shape index (κ1) is 19.3. The van der Waals surface area contributed by atoms with Crippen molar-refractivity contribution >= 4 is 28.6 Å². The molecule has 6 nitrogen and oxygen atoms in total. The first-order chi connectivity index (χ1) is 14.7. The number of piperidine rings is 1. The summed E-state index contributed by atoms with van der Waals surface area (Å²) in [6.45, 7) is 2.13. The standard InChI is InChI=1S/C23H27N5OS/c29-21(19-16-30-22(27-19)17-14-24-25-15-17)26-18-6-2-3-7-20(18)28-12-10-23(11-13-28)8-4-1-5-9-23/h2-3,6-7,14-16H,1,4-5,8-13H2,(H,24,25)(H,26,29). The average Bonchev–Trinajstić information content (AvgIpc) is 3.48. The van der Waals surface area contributed by atoms with E-state index in [4.69, 9.17) is 0 Å². The van der Waals surface area contributed by atoms with Crippen LogP contribution in [0.3, 0.4) is 0 Å². The third-order valence-electron chi connectivity index (χ3n) is 6.71. The summed E-state index contributed by atoms with van der Waals surface area (Å²) in [6.07, 6.45) is 13.0. The van der Waals surface area contributed by atoms with Gasteiger partial charge in [0.2, 0.25) is 0 Å². The zero-order valence-corrected chi connectivity index (χ0v) is 17.9. The highest BCUT2D eigenvalue weighted by Gasteiger charge is 2.35. The Kier molecular flexibility index (Phi) is 5.29. The number of hydrogen-bond acceptors (Lipinski definition) is 5. The van der Waals surface area contributed by atoms with Gasteiger partial charge in [-0.3, -0.25) is 9.89 Å². The smallest absolute Gasteiger partial charge is 0.275 e. The first-order valence-corrected chi connectivity index (χ1v) is 11.7. The molecule has 30 heavy (non-hydrogen) atoms. The van der Waals surface area contributed by atoms with Crippen LogP contribution in [0, 0.1) is 5.41 Å². The molecular weight excluding hydrogens is 394 g/mol. The number of benzene rings is 1. The van der Waals surface area contributed by atoms with Crippen molar-refractivity contribution in [3.8, 4) is 10.6 Å². The molecule has 7 heteroatoms. The summed E-state index contributed by atoms with van der Waals surface area (Å²) in [4.78, 5) is 19.8. The minimum atomic E-state index is -0.172. The lowest BCUT2D eigenvalue weighted by atomic mass is 9.68. The van der Waals surface area contributed by atoms with Gasteiger partial charge in [0.05, 0.1) is 17.6 Å². The third kappa shape index (κ3) is 3.86. The highest BCUT2D eigenvalue weighted by molar-refractivity contribution is 7.13. The Labute approximate surface area is 180 Å². The number of amides is 1. The quantitative estimate of drug-likeness (QED) is 0.597. The molecule has 3 heterocycles. The van der Waals surface area contributed by atoms with Gasteiger partial charge in [-0.2, -0.15) is 5.10 Å². The molecule has 0 radical (unpaired) electrons. The van der Waals surface area contributed by atoms with Crippen molar-refractivity contribution in [3.05, 3.63) is 47.7 Å². The number of anilines is 2. The van der Waals surface area contributed by atoms with Gasteiger partial charge in [0.15, 0.2) is 0 Å². The maximum Gasteiger partial charge on any atom is 0.275 e. The van der Waals surface area contributed by atoms with E-state index in [0.717, 1.165) is 35.0 Å². The highest BCUT2D eigenvalue weighted by Crippen LogP contribution is 2.45. The molecule has 1 aliphatic heterocycles. The predicted molar refractivity (Wildman–Crippen MR) is 121 cm³/mol. The van der Waals surface area contributed by atoms with Gasteiger partial charge in [-0.05, 0) is 43.2 Å². The molecule has 2 N–H and O–H groups in total. The molecule has 1 spiro atoms. The Hall–Kier alpha value is -2.67. The molecule has 5 rings (SSSR count). The van der Waals surface area contributed by atoms with E-state index in [0.29, 0.717) is 11.1 Å². The Morgan fingerprint density at radius 1 is 1.10 bits per heavy atom. The van der Waals surface area contributed by atoms with Crippen LogP contribution < -0.4 is 10.2 Å². The topological polar surface area (TPSA) is 73.9 Å².